The Bertz CT molecular complexity index is 480. The molecule has 0 aliphatic heterocycles. The maximum atomic E-state index is 12.5. The Kier molecular flexibility index (Phi) is 4.00. The standard InChI is InChI=1S/C17H21F3O/c18-17(19,20)15-5-2-11(3-6-15)9-16(21)10-14-8-12-1-4-13(14)7-12/h2-3,5-6,12-14,16,21H,1,4,7-10H2. The molecule has 0 aromatic heterocycles. The maximum absolute atomic E-state index is 12.5. The molecule has 4 unspecified atom stereocenters. The van der Waals surface area contributed by atoms with E-state index in [2.05, 4.69) is 0 Å². The Labute approximate surface area is 123 Å². The molecule has 0 spiro atoms. The molecule has 1 aromatic carbocycles. The highest BCUT2D eigenvalue weighted by atomic mass is 19.4. The lowest BCUT2D eigenvalue weighted by molar-refractivity contribution is -0.137. The fraction of sp³-hybridized carbons (Fsp3) is 0.647. The lowest BCUT2D eigenvalue weighted by Gasteiger charge is -2.24. The van der Waals surface area contributed by atoms with Crippen LogP contribution in [0.5, 0.6) is 0 Å². The number of benzene rings is 1. The number of rotatable bonds is 4. The van der Waals surface area contributed by atoms with Gasteiger partial charge in [-0.2, -0.15) is 13.2 Å². The van der Waals surface area contributed by atoms with Crippen LogP contribution in [-0.2, 0) is 12.6 Å². The van der Waals surface area contributed by atoms with Crippen molar-refractivity contribution in [3.63, 3.8) is 0 Å². The lowest BCUT2D eigenvalue weighted by Crippen LogP contribution is -2.20. The minimum atomic E-state index is -4.29. The van der Waals surface area contributed by atoms with Crippen LogP contribution in [0.1, 0.15) is 43.2 Å². The Morgan fingerprint density at radius 2 is 1.81 bits per heavy atom. The summed E-state index contributed by atoms with van der Waals surface area (Å²) in [6, 6.07) is 5.15. The van der Waals surface area contributed by atoms with Gasteiger partial charge in [-0.1, -0.05) is 18.6 Å². The smallest absolute Gasteiger partial charge is 0.393 e. The largest absolute Gasteiger partial charge is 0.416 e. The average molecular weight is 298 g/mol. The van der Waals surface area contributed by atoms with Crippen LogP contribution in [0.3, 0.4) is 0 Å². The van der Waals surface area contributed by atoms with Crippen molar-refractivity contribution in [2.45, 2.75) is 50.8 Å². The first-order chi connectivity index (χ1) is 9.91. The van der Waals surface area contributed by atoms with Crippen molar-refractivity contribution in [1.82, 2.24) is 0 Å². The van der Waals surface area contributed by atoms with Gasteiger partial charge < -0.3 is 5.11 Å². The minimum absolute atomic E-state index is 0.439. The van der Waals surface area contributed by atoms with Crippen LogP contribution >= 0.6 is 0 Å². The SMILES string of the molecule is OC(Cc1ccc(C(F)(F)F)cc1)CC1CC2CCC1C2. The van der Waals surface area contributed by atoms with Crippen LogP contribution in [0.15, 0.2) is 24.3 Å². The van der Waals surface area contributed by atoms with Gasteiger partial charge in [0, 0.05) is 0 Å². The molecule has 116 valence electrons. The molecular formula is C17H21F3O. The molecule has 0 amide bonds. The molecule has 0 heterocycles. The van der Waals surface area contributed by atoms with E-state index in [1.807, 2.05) is 0 Å². The average Bonchev–Trinajstić information content (AvgIpc) is 3.00. The Morgan fingerprint density at radius 3 is 2.33 bits per heavy atom. The number of hydrogen-bond donors (Lipinski definition) is 1. The third-order valence-corrected chi connectivity index (χ3v) is 5.21. The van der Waals surface area contributed by atoms with Gasteiger partial charge >= 0.3 is 6.18 Å². The van der Waals surface area contributed by atoms with Gasteiger partial charge in [0.1, 0.15) is 0 Å². The molecule has 3 rings (SSSR count). The van der Waals surface area contributed by atoms with E-state index in [-0.39, 0.29) is 0 Å². The Morgan fingerprint density at radius 1 is 1.10 bits per heavy atom. The van der Waals surface area contributed by atoms with Gasteiger partial charge in [0.2, 0.25) is 0 Å². The number of alkyl halides is 3. The third kappa shape index (κ3) is 3.42. The monoisotopic (exact) mass is 298 g/mol. The third-order valence-electron chi connectivity index (χ3n) is 5.21. The van der Waals surface area contributed by atoms with Crippen LogP contribution in [0.25, 0.3) is 0 Å². The predicted molar refractivity (Wildman–Crippen MR) is 74.7 cm³/mol. The molecule has 2 aliphatic rings. The van der Waals surface area contributed by atoms with E-state index >= 15 is 0 Å². The summed E-state index contributed by atoms with van der Waals surface area (Å²) < 4.78 is 37.5. The zero-order valence-electron chi connectivity index (χ0n) is 11.9. The first-order valence-corrected chi connectivity index (χ1v) is 7.76. The van der Waals surface area contributed by atoms with Gasteiger partial charge in [-0.15, -0.1) is 0 Å². The quantitative estimate of drug-likeness (QED) is 0.871. The van der Waals surface area contributed by atoms with Gasteiger partial charge in [-0.25, -0.2) is 0 Å². The molecule has 1 aromatic rings. The molecule has 4 atom stereocenters. The highest BCUT2D eigenvalue weighted by Crippen LogP contribution is 2.50. The summed E-state index contributed by atoms with van der Waals surface area (Å²) in [6.45, 7) is 0. The number of aliphatic hydroxyl groups is 1. The van der Waals surface area contributed by atoms with E-state index in [4.69, 9.17) is 0 Å². The van der Waals surface area contributed by atoms with Gasteiger partial charge in [-0.05, 0) is 67.6 Å². The van der Waals surface area contributed by atoms with E-state index in [0.717, 1.165) is 36.0 Å². The number of halogens is 3. The summed E-state index contributed by atoms with van der Waals surface area (Å²) >= 11 is 0. The van der Waals surface area contributed by atoms with Crippen LogP contribution in [0.4, 0.5) is 13.2 Å². The second-order valence-electron chi connectivity index (χ2n) is 6.72. The van der Waals surface area contributed by atoms with Crippen molar-refractivity contribution < 1.29 is 18.3 Å². The normalized spacial score (nSPS) is 29.8. The van der Waals surface area contributed by atoms with Crippen molar-refractivity contribution >= 4 is 0 Å². The van der Waals surface area contributed by atoms with Gasteiger partial charge in [0.15, 0.2) is 0 Å². The molecule has 21 heavy (non-hydrogen) atoms. The number of aliphatic hydroxyl groups excluding tert-OH is 1. The van der Waals surface area contributed by atoms with E-state index in [1.165, 1.54) is 37.8 Å². The van der Waals surface area contributed by atoms with Crippen LogP contribution < -0.4 is 0 Å². The molecule has 2 bridgehead atoms. The summed E-state index contributed by atoms with van der Waals surface area (Å²) in [5, 5.41) is 10.2. The van der Waals surface area contributed by atoms with Gasteiger partial charge in [0.05, 0.1) is 11.7 Å². The fourth-order valence-corrected chi connectivity index (χ4v) is 4.20. The van der Waals surface area contributed by atoms with Crippen molar-refractivity contribution in [3.05, 3.63) is 35.4 Å². The molecular weight excluding hydrogens is 277 g/mol. The first kappa shape index (κ1) is 14.9. The van der Waals surface area contributed by atoms with E-state index in [0.29, 0.717) is 12.3 Å². The van der Waals surface area contributed by atoms with Gasteiger partial charge in [0.25, 0.3) is 0 Å². The highest BCUT2D eigenvalue weighted by Gasteiger charge is 2.39. The highest BCUT2D eigenvalue weighted by molar-refractivity contribution is 5.25. The molecule has 4 heteroatoms. The Balaban J connectivity index is 1.54. The fourth-order valence-electron chi connectivity index (χ4n) is 4.20. The van der Waals surface area contributed by atoms with Crippen LogP contribution in [0.2, 0.25) is 0 Å². The zero-order valence-corrected chi connectivity index (χ0v) is 11.9. The zero-order chi connectivity index (χ0) is 15.0. The second-order valence-corrected chi connectivity index (χ2v) is 6.72. The molecule has 2 saturated carbocycles. The minimum Gasteiger partial charge on any atom is -0.393 e. The molecule has 0 saturated heterocycles. The van der Waals surface area contributed by atoms with E-state index in [9.17, 15) is 18.3 Å². The van der Waals surface area contributed by atoms with Crippen molar-refractivity contribution in [3.8, 4) is 0 Å². The maximum Gasteiger partial charge on any atom is 0.416 e. The molecule has 0 radical (unpaired) electrons. The lowest BCUT2D eigenvalue weighted by atomic mass is 9.84. The predicted octanol–water partition coefficient (Wildman–Crippen LogP) is 4.44. The molecule has 1 N–H and O–H groups in total. The molecule has 2 fully saturated rings. The van der Waals surface area contributed by atoms with Crippen molar-refractivity contribution in [2.75, 3.05) is 0 Å². The van der Waals surface area contributed by atoms with E-state index in [1.54, 1.807) is 0 Å². The van der Waals surface area contributed by atoms with Crippen LogP contribution in [0, 0.1) is 17.8 Å². The summed E-state index contributed by atoms with van der Waals surface area (Å²) in [4.78, 5) is 0. The Hall–Kier alpha value is -1.03. The molecule has 1 nitrogen and oxygen atoms in total. The van der Waals surface area contributed by atoms with Gasteiger partial charge in [-0.3, -0.25) is 0 Å². The summed E-state index contributed by atoms with van der Waals surface area (Å²) in [7, 11) is 0. The number of fused-ring (bicyclic) bond motifs is 2. The first-order valence-electron chi connectivity index (χ1n) is 7.76. The summed E-state index contributed by atoms with van der Waals surface area (Å²) in [5.41, 5.74) is 0.146. The topological polar surface area (TPSA) is 20.2 Å². The van der Waals surface area contributed by atoms with Crippen molar-refractivity contribution in [2.24, 2.45) is 17.8 Å². The van der Waals surface area contributed by atoms with Crippen molar-refractivity contribution in [1.29, 1.82) is 0 Å². The van der Waals surface area contributed by atoms with E-state index < -0.39 is 17.8 Å². The summed E-state index contributed by atoms with van der Waals surface area (Å²) in [5.74, 6) is 2.25. The number of hydrogen-bond acceptors (Lipinski definition) is 1. The second kappa shape index (κ2) is 5.64. The molecule has 2 aliphatic carbocycles. The summed E-state index contributed by atoms with van der Waals surface area (Å²) in [6.07, 6.45) is 1.70. The van der Waals surface area contributed by atoms with Crippen LogP contribution in [-0.4, -0.2) is 11.2 Å².